The van der Waals surface area contributed by atoms with Gasteiger partial charge in [-0.05, 0) is 25.7 Å². The maximum absolute atomic E-state index is 3.47. The second-order valence-corrected chi connectivity index (χ2v) is 3.16. The first-order chi connectivity index (χ1) is 3.83. The van der Waals surface area contributed by atoms with Gasteiger partial charge >= 0.3 is 0 Å². The summed E-state index contributed by atoms with van der Waals surface area (Å²) in [5.74, 6) is 0.898. The monoisotopic (exact) mass is 174 g/mol. The minimum absolute atomic E-state index is 0.898. The highest BCUT2D eigenvalue weighted by molar-refractivity contribution is 9.09. The Bertz CT molecular complexity index is 105. The summed E-state index contributed by atoms with van der Waals surface area (Å²) >= 11 is 3.47. The van der Waals surface area contributed by atoms with Crippen molar-refractivity contribution in [3.63, 3.8) is 0 Å². The van der Waals surface area contributed by atoms with E-state index < -0.39 is 0 Å². The lowest BCUT2D eigenvalue weighted by molar-refractivity contribution is 0.644. The fraction of sp³-hybridized carbons (Fsp3) is 0.714. The first kappa shape index (κ1) is 6.34. The lowest BCUT2D eigenvalue weighted by Gasteiger charge is -2.00. The summed E-state index contributed by atoms with van der Waals surface area (Å²) in [4.78, 5) is 0. The summed E-state index contributed by atoms with van der Waals surface area (Å²) in [7, 11) is 0. The van der Waals surface area contributed by atoms with Crippen LogP contribution in [0.15, 0.2) is 11.6 Å². The smallest absolute Gasteiger partial charge is 0.00656 e. The van der Waals surface area contributed by atoms with Crippen LogP contribution in [0.4, 0.5) is 0 Å². The summed E-state index contributed by atoms with van der Waals surface area (Å²) in [6.07, 6.45) is 4.94. The molecule has 46 valence electrons. The van der Waals surface area contributed by atoms with Crippen LogP contribution >= 0.6 is 15.9 Å². The van der Waals surface area contributed by atoms with Crippen LogP contribution in [0.3, 0.4) is 0 Å². The van der Waals surface area contributed by atoms with Gasteiger partial charge in [0.15, 0.2) is 0 Å². The van der Waals surface area contributed by atoms with Gasteiger partial charge in [-0.25, -0.2) is 0 Å². The zero-order chi connectivity index (χ0) is 5.98. The molecule has 0 saturated carbocycles. The molecule has 0 heterocycles. The fourth-order valence-corrected chi connectivity index (χ4v) is 1.60. The van der Waals surface area contributed by atoms with Crippen LogP contribution in [0.25, 0.3) is 0 Å². The Balaban J connectivity index is 2.32. The van der Waals surface area contributed by atoms with E-state index in [0.717, 1.165) is 5.92 Å². The highest BCUT2D eigenvalue weighted by atomic mass is 79.9. The molecule has 0 N–H and O–H groups in total. The number of halogens is 1. The summed E-state index contributed by atoms with van der Waals surface area (Å²) in [6, 6.07) is 0. The van der Waals surface area contributed by atoms with Gasteiger partial charge in [0.05, 0.1) is 0 Å². The number of alkyl halides is 1. The van der Waals surface area contributed by atoms with E-state index in [9.17, 15) is 0 Å². The Kier molecular flexibility index (Phi) is 2.12. The number of hydrogen-bond acceptors (Lipinski definition) is 0. The molecule has 1 atom stereocenters. The van der Waals surface area contributed by atoms with Crippen molar-refractivity contribution in [2.75, 3.05) is 5.33 Å². The molecule has 1 aliphatic rings. The number of rotatable bonds is 1. The van der Waals surface area contributed by atoms with Crippen molar-refractivity contribution in [1.82, 2.24) is 0 Å². The van der Waals surface area contributed by atoms with Gasteiger partial charge in [-0.3, -0.25) is 0 Å². The predicted octanol–water partition coefficient (Wildman–Crippen LogP) is 2.74. The van der Waals surface area contributed by atoms with Gasteiger partial charge in [0, 0.05) is 5.33 Å². The average molecular weight is 175 g/mol. The largest absolute Gasteiger partial charge is 0.0925 e. The molecule has 8 heavy (non-hydrogen) atoms. The van der Waals surface area contributed by atoms with E-state index in [1.165, 1.54) is 18.2 Å². The van der Waals surface area contributed by atoms with Crippen LogP contribution in [0.5, 0.6) is 0 Å². The topological polar surface area (TPSA) is 0 Å². The predicted molar refractivity (Wildman–Crippen MR) is 40.3 cm³/mol. The second-order valence-electron chi connectivity index (χ2n) is 2.51. The molecule has 1 unspecified atom stereocenters. The molecule has 0 aliphatic heterocycles. The fourth-order valence-electron chi connectivity index (χ4n) is 1.11. The van der Waals surface area contributed by atoms with E-state index in [4.69, 9.17) is 0 Å². The summed E-state index contributed by atoms with van der Waals surface area (Å²) < 4.78 is 0. The van der Waals surface area contributed by atoms with Gasteiger partial charge in [-0.1, -0.05) is 27.6 Å². The third kappa shape index (κ3) is 1.35. The first-order valence-corrected chi connectivity index (χ1v) is 4.16. The van der Waals surface area contributed by atoms with Gasteiger partial charge < -0.3 is 0 Å². The van der Waals surface area contributed by atoms with E-state index in [2.05, 4.69) is 28.9 Å². The Hall–Kier alpha value is 0.220. The Morgan fingerprint density at radius 1 is 1.88 bits per heavy atom. The van der Waals surface area contributed by atoms with Gasteiger partial charge in [-0.2, -0.15) is 0 Å². The van der Waals surface area contributed by atoms with Crippen molar-refractivity contribution in [2.45, 2.75) is 19.8 Å². The van der Waals surface area contributed by atoms with E-state index in [-0.39, 0.29) is 0 Å². The summed E-state index contributed by atoms with van der Waals surface area (Å²) in [5, 5.41) is 1.17. The highest BCUT2D eigenvalue weighted by Crippen LogP contribution is 2.25. The maximum atomic E-state index is 3.47. The zero-order valence-electron chi connectivity index (χ0n) is 5.15. The van der Waals surface area contributed by atoms with Crippen LogP contribution in [-0.4, -0.2) is 5.33 Å². The van der Waals surface area contributed by atoms with E-state index in [1.54, 1.807) is 5.57 Å². The third-order valence-electron chi connectivity index (χ3n) is 1.63. The summed E-state index contributed by atoms with van der Waals surface area (Å²) in [6.45, 7) is 2.21. The van der Waals surface area contributed by atoms with Gasteiger partial charge in [0.2, 0.25) is 0 Å². The van der Waals surface area contributed by atoms with Gasteiger partial charge in [-0.15, -0.1) is 0 Å². The molecule has 0 spiro atoms. The van der Waals surface area contributed by atoms with E-state index in [1.807, 2.05) is 0 Å². The third-order valence-corrected chi connectivity index (χ3v) is 2.54. The average Bonchev–Trinajstić information content (AvgIpc) is 2.14. The van der Waals surface area contributed by atoms with Crippen molar-refractivity contribution in [2.24, 2.45) is 5.92 Å². The Morgan fingerprint density at radius 3 is 2.88 bits per heavy atom. The molecule has 0 fully saturated rings. The first-order valence-electron chi connectivity index (χ1n) is 3.04. The number of hydrogen-bond donors (Lipinski definition) is 0. The van der Waals surface area contributed by atoms with Crippen molar-refractivity contribution < 1.29 is 0 Å². The van der Waals surface area contributed by atoms with Crippen LogP contribution < -0.4 is 0 Å². The second kappa shape index (κ2) is 2.67. The molecule has 0 bridgehead atoms. The van der Waals surface area contributed by atoms with Crippen LogP contribution in [0.2, 0.25) is 0 Å². The molecule has 0 saturated heterocycles. The van der Waals surface area contributed by atoms with Crippen molar-refractivity contribution in [3.05, 3.63) is 11.6 Å². The minimum Gasteiger partial charge on any atom is -0.0925 e. The highest BCUT2D eigenvalue weighted by Gasteiger charge is 2.11. The summed E-state index contributed by atoms with van der Waals surface area (Å²) in [5.41, 5.74) is 1.56. The normalized spacial score (nSPS) is 28.2. The van der Waals surface area contributed by atoms with Crippen LogP contribution in [-0.2, 0) is 0 Å². The quantitative estimate of drug-likeness (QED) is 0.424. The molecule has 0 aromatic carbocycles. The molecule has 0 amide bonds. The molecule has 1 rings (SSSR count). The SMILES string of the molecule is CC1=CCC(CBr)C1. The number of allylic oxidation sites excluding steroid dienone is 2. The van der Waals surface area contributed by atoms with Crippen molar-refractivity contribution in [1.29, 1.82) is 0 Å². The lowest BCUT2D eigenvalue weighted by Crippen LogP contribution is -1.93. The lowest BCUT2D eigenvalue weighted by atomic mass is 10.1. The molecular weight excluding hydrogens is 164 g/mol. The zero-order valence-corrected chi connectivity index (χ0v) is 6.74. The molecule has 0 nitrogen and oxygen atoms in total. The Morgan fingerprint density at radius 2 is 2.62 bits per heavy atom. The molecule has 0 radical (unpaired) electrons. The molecule has 0 aromatic rings. The van der Waals surface area contributed by atoms with Crippen LogP contribution in [0.1, 0.15) is 19.8 Å². The molecule has 0 aromatic heterocycles. The maximum Gasteiger partial charge on any atom is 0.00656 e. The van der Waals surface area contributed by atoms with Gasteiger partial charge in [0.1, 0.15) is 0 Å². The van der Waals surface area contributed by atoms with Crippen molar-refractivity contribution in [3.8, 4) is 0 Å². The molecular formula is C7H11Br. The molecule has 1 heteroatoms. The standard InChI is InChI=1S/C7H11Br/c1-6-2-3-7(4-6)5-8/h2,7H,3-5H2,1H3. The molecule has 1 aliphatic carbocycles. The van der Waals surface area contributed by atoms with E-state index in [0.29, 0.717) is 0 Å². The van der Waals surface area contributed by atoms with Crippen molar-refractivity contribution >= 4 is 15.9 Å². The van der Waals surface area contributed by atoms with Gasteiger partial charge in [0.25, 0.3) is 0 Å². The van der Waals surface area contributed by atoms with E-state index >= 15 is 0 Å². The minimum atomic E-state index is 0.898. The Labute approximate surface area is 59.1 Å². The van der Waals surface area contributed by atoms with Crippen LogP contribution in [0, 0.1) is 5.92 Å².